The van der Waals surface area contributed by atoms with Crippen LogP contribution in [0.15, 0.2) is 59.7 Å². The first-order chi connectivity index (χ1) is 12.1. The van der Waals surface area contributed by atoms with Crippen molar-refractivity contribution in [2.45, 2.75) is 0 Å². The molecule has 0 saturated carbocycles. The monoisotopic (exact) mass is 358 g/mol. The second kappa shape index (κ2) is 7.85. The zero-order valence-electron chi connectivity index (χ0n) is 13.1. The molecule has 1 aliphatic rings. The van der Waals surface area contributed by atoms with E-state index in [1.165, 1.54) is 36.0 Å². The number of carbonyl (C=O) groups is 2. The highest BCUT2D eigenvalue weighted by Crippen LogP contribution is 2.18. The molecule has 2 amide bonds. The summed E-state index contributed by atoms with van der Waals surface area (Å²) in [4.78, 5) is 24.2. The SMILES string of the molecule is O=C(Nc1ccc(C(=O)Nc2ccc(F)cc2)cc1)C1=CSCCO1. The van der Waals surface area contributed by atoms with Gasteiger partial charge in [0.25, 0.3) is 11.8 Å². The standard InChI is InChI=1S/C18H15FN2O3S/c19-13-3-7-15(8-4-13)20-17(22)12-1-5-14(6-2-12)21-18(23)16-11-25-10-9-24-16/h1-8,11H,9-10H2,(H,20,22)(H,21,23). The molecule has 0 saturated heterocycles. The third kappa shape index (κ3) is 4.60. The van der Waals surface area contributed by atoms with Crippen molar-refractivity contribution in [2.75, 3.05) is 23.0 Å². The number of hydrogen-bond donors (Lipinski definition) is 2. The number of benzene rings is 2. The van der Waals surface area contributed by atoms with Gasteiger partial charge in [0.1, 0.15) is 5.82 Å². The first-order valence-corrected chi connectivity index (χ1v) is 8.59. The molecule has 3 rings (SSSR count). The molecule has 0 aromatic heterocycles. The normalized spacial score (nSPS) is 13.4. The fourth-order valence-electron chi connectivity index (χ4n) is 2.12. The molecule has 1 heterocycles. The van der Waals surface area contributed by atoms with Crippen LogP contribution in [0.1, 0.15) is 10.4 Å². The average Bonchev–Trinajstić information content (AvgIpc) is 2.65. The molecule has 1 aliphatic heterocycles. The lowest BCUT2D eigenvalue weighted by Crippen LogP contribution is -2.19. The Morgan fingerprint density at radius 2 is 1.52 bits per heavy atom. The second-order valence-electron chi connectivity index (χ2n) is 5.19. The van der Waals surface area contributed by atoms with Gasteiger partial charge in [-0.05, 0) is 48.5 Å². The largest absolute Gasteiger partial charge is 0.487 e. The van der Waals surface area contributed by atoms with Crippen molar-refractivity contribution < 1.29 is 18.7 Å². The Morgan fingerprint density at radius 3 is 2.12 bits per heavy atom. The van der Waals surface area contributed by atoms with Gasteiger partial charge >= 0.3 is 0 Å². The Morgan fingerprint density at radius 1 is 0.920 bits per heavy atom. The molecule has 0 spiro atoms. The maximum Gasteiger partial charge on any atom is 0.291 e. The molecule has 0 atom stereocenters. The predicted octanol–water partition coefficient (Wildman–Crippen LogP) is 3.62. The van der Waals surface area contributed by atoms with Crippen molar-refractivity contribution >= 4 is 35.0 Å². The summed E-state index contributed by atoms with van der Waals surface area (Å²) in [6.45, 7) is 0.506. The molecule has 2 aromatic carbocycles. The zero-order chi connectivity index (χ0) is 17.6. The molecule has 7 heteroatoms. The number of ether oxygens (including phenoxy) is 1. The van der Waals surface area contributed by atoms with E-state index >= 15 is 0 Å². The van der Waals surface area contributed by atoms with E-state index in [2.05, 4.69) is 10.6 Å². The summed E-state index contributed by atoms with van der Waals surface area (Å²) in [5.74, 6) is 0.104. The van der Waals surface area contributed by atoms with Gasteiger partial charge in [-0.15, -0.1) is 11.8 Å². The second-order valence-corrected chi connectivity index (χ2v) is 6.17. The van der Waals surface area contributed by atoms with E-state index in [1.807, 2.05) is 0 Å². The van der Waals surface area contributed by atoms with E-state index in [4.69, 9.17) is 4.74 Å². The van der Waals surface area contributed by atoms with Gasteiger partial charge in [-0.2, -0.15) is 0 Å². The number of halogens is 1. The lowest BCUT2D eigenvalue weighted by molar-refractivity contribution is -0.116. The van der Waals surface area contributed by atoms with Gasteiger partial charge in [0, 0.05) is 28.1 Å². The molecule has 0 radical (unpaired) electrons. The van der Waals surface area contributed by atoms with E-state index in [-0.39, 0.29) is 23.4 Å². The molecule has 2 aromatic rings. The first-order valence-electron chi connectivity index (χ1n) is 7.55. The summed E-state index contributed by atoms with van der Waals surface area (Å²) >= 11 is 1.53. The summed E-state index contributed by atoms with van der Waals surface area (Å²) in [6, 6.07) is 12.0. The van der Waals surface area contributed by atoms with Crippen LogP contribution in [-0.2, 0) is 9.53 Å². The zero-order valence-corrected chi connectivity index (χ0v) is 13.9. The van der Waals surface area contributed by atoms with Gasteiger partial charge < -0.3 is 15.4 Å². The van der Waals surface area contributed by atoms with Crippen molar-refractivity contribution in [1.29, 1.82) is 0 Å². The summed E-state index contributed by atoms with van der Waals surface area (Å²) in [5, 5.41) is 7.07. The highest BCUT2D eigenvalue weighted by molar-refractivity contribution is 8.02. The number of hydrogen-bond acceptors (Lipinski definition) is 4. The van der Waals surface area contributed by atoms with Crippen LogP contribution in [0.4, 0.5) is 15.8 Å². The molecule has 0 fully saturated rings. The highest BCUT2D eigenvalue weighted by atomic mass is 32.2. The van der Waals surface area contributed by atoms with Crippen LogP contribution in [0.3, 0.4) is 0 Å². The Labute approximate surface area is 148 Å². The number of rotatable bonds is 4. The van der Waals surface area contributed by atoms with E-state index < -0.39 is 0 Å². The van der Waals surface area contributed by atoms with Crippen LogP contribution >= 0.6 is 11.8 Å². The maximum absolute atomic E-state index is 12.9. The molecule has 0 aliphatic carbocycles. The summed E-state index contributed by atoms with van der Waals surface area (Å²) < 4.78 is 18.2. The molecule has 5 nitrogen and oxygen atoms in total. The van der Waals surface area contributed by atoms with E-state index in [0.29, 0.717) is 23.5 Å². The maximum atomic E-state index is 12.9. The van der Waals surface area contributed by atoms with Gasteiger partial charge in [0.15, 0.2) is 5.76 Å². The Balaban J connectivity index is 1.61. The summed E-state index contributed by atoms with van der Waals surface area (Å²) in [6.07, 6.45) is 0. The number of carbonyl (C=O) groups excluding carboxylic acids is 2. The van der Waals surface area contributed by atoms with Gasteiger partial charge in [-0.25, -0.2) is 4.39 Å². The van der Waals surface area contributed by atoms with Gasteiger partial charge in [0.05, 0.1) is 6.61 Å². The fraction of sp³-hybridized carbons (Fsp3) is 0.111. The smallest absolute Gasteiger partial charge is 0.291 e. The highest BCUT2D eigenvalue weighted by Gasteiger charge is 2.14. The minimum absolute atomic E-state index is 0.286. The Bertz CT molecular complexity index is 804. The van der Waals surface area contributed by atoms with Crippen LogP contribution in [0.25, 0.3) is 0 Å². The molecule has 25 heavy (non-hydrogen) atoms. The Kier molecular flexibility index (Phi) is 5.35. The number of anilines is 2. The van der Waals surface area contributed by atoms with Crippen molar-refractivity contribution in [1.82, 2.24) is 0 Å². The summed E-state index contributed by atoms with van der Waals surface area (Å²) in [5.41, 5.74) is 1.48. The van der Waals surface area contributed by atoms with E-state index in [9.17, 15) is 14.0 Å². The lowest BCUT2D eigenvalue weighted by atomic mass is 10.2. The van der Waals surface area contributed by atoms with Crippen LogP contribution < -0.4 is 10.6 Å². The van der Waals surface area contributed by atoms with Gasteiger partial charge in [-0.3, -0.25) is 9.59 Å². The predicted molar refractivity (Wildman–Crippen MR) is 95.9 cm³/mol. The quantitative estimate of drug-likeness (QED) is 0.876. The van der Waals surface area contributed by atoms with Gasteiger partial charge in [0.2, 0.25) is 0 Å². The molecule has 0 unspecified atom stereocenters. The van der Waals surface area contributed by atoms with E-state index in [1.54, 1.807) is 29.7 Å². The van der Waals surface area contributed by atoms with Crippen LogP contribution in [0.5, 0.6) is 0 Å². The average molecular weight is 358 g/mol. The van der Waals surface area contributed by atoms with Crippen molar-refractivity contribution in [2.24, 2.45) is 0 Å². The fourth-order valence-corrected chi connectivity index (χ4v) is 2.75. The first kappa shape index (κ1) is 17.0. The summed E-state index contributed by atoms with van der Waals surface area (Å²) in [7, 11) is 0. The minimum atomic E-state index is -0.367. The number of amides is 2. The van der Waals surface area contributed by atoms with Crippen LogP contribution in [0, 0.1) is 5.82 Å². The van der Waals surface area contributed by atoms with Crippen LogP contribution in [0.2, 0.25) is 0 Å². The van der Waals surface area contributed by atoms with E-state index in [0.717, 1.165) is 5.75 Å². The molecule has 2 N–H and O–H groups in total. The minimum Gasteiger partial charge on any atom is -0.487 e. The molecule has 128 valence electrons. The van der Waals surface area contributed by atoms with Crippen molar-refractivity contribution in [3.63, 3.8) is 0 Å². The van der Waals surface area contributed by atoms with Gasteiger partial charge in [-0.1, -0.05) is 0 Å². The molecular formula is C18H15FN2O3S. The topological polar surface area (TPSA) is 67.4 Å². The third-order valence-electron chi connectivity index (χ3n) is 3.38. The van der Waals surface area contributed by atoms with Crippen LogP contribution in [-0.4, -0.2) is 24.2 Å². The molecular weight excluding hydrogens is 343 g/mol. The lowest BCUT2D eigenvalue weighted by Gasteiger charge is -2.14. The van der Waals surface area contributed by atoms with Crippen molar-refractivity contribution in [3.8, 4) is 0 Å². The number of nitrogens with one attached hydrogen (secondary N) is 2. The molecule has 0 bridgehead atoms. The Hall–Kier alpha value is -2.80. The van der Waals surface area contributed by atoms with Crippen molar-refractivity contribution in [3.05, 3.63) is 71.1 Å². The number of thioether (sulfide) groups is 1. The third-order valence-corrected chi connectivity index (χ3v) is 4.16.